The number of hydrogen-bond acceptors (Lipinski definition) is 4. The maximum absolute atomic E-state index is 13.0. The van der Waals surface area contributed by atoms with Crippen molar-refractivity contribution in [3.8, 4) is 5.75 Å². The summed E-state index contributed by atoms with van der Waals surface area (Å²) >= 11 is 5.98. The van der Waals surface area contributed by atoms with Crippen molar-refractivity contribution < 1.29 is 17.9 Å². The van der Waals surface area contributed by atoms with Gasteiger partial charge in [-0.05, 0) is 37.1 Å². The standard InChI is InChI=1S/C20H24ClN3O4S/c1-15-5-3-6-16(11-15)13-23-9-4-10-24(29(23,26)27)14-20(25)22-18-12-17(21)7-8-19(18)28-2/h3,5-8,11-12H,4,9-10,13-14H2,1-2H3,(H,22,25). The molecule has 1 saturated heterocycles. The van der Waals surface area contributed by atoms with E-state index in [1.54, 1.807) is 18.2 Å². The zero-order valence-electron chi connectivity index (χ0n) is 16.4. The smallest absolute Gasteiger partial charge is 0.282 e. The molecule has 1 amide bonds. The highest BCUT2D eigenvalue weighted by Gasteiger charge is 2.34. The van der Waals surface area contributed by atoms with Crippen LogP contribution in [0.25, 0.3) is 0 Å². The average Bonchev–Trinajstić information content (AvgIpc) is 2.65. The molecule has 0 spiro atoms. The van der Waals surface area contributed by atoms with Gasteiger partial charge in [-0.25, -0.2) is 0 Å². The monoisotopic (exact) mass is 437 g/mol. The molecule has 0 aromatic heterocycles. The highest BCUT2D eigenvalue weighted by atomic mass is 35.5. The molecule has 9 heteroatoms. The lowest BCUT2D eigenvalue weighted by Gasteiger charge is -2.34. The lowest BCUT2D eigenvalue weighted by atomic mass is 10.1. The molecule has 29 heavy (non-hydrogen) atoms. The van der Waals surface area contributed by atoms with Crippen LogP contribution in [0.3, 0.4) is 0 Å². The summed E-state index contributed by atoms with van der Waals surface area (Å²) in [7, 11) is -2.25. The number of hydrogen-bond donors (Lipinski definition) is 1. The van der Waals surface area contributed by atoms with Gasteiger partial charge in [0, 0.05) is 24.7 Å². The third-order valence-electron chi connectivity index (χ3n) is 4.66. The van der Waals surface area contributed by atoms with Crippen LogP contribution in [-0.2, 0) is 21.5 Å². The van der Waals surface area contributed by atoms with E-state index in [9.17, 15) is 13.2 Å². The molecule has 3 rings (SSSR count). The van der Waals surface area contributed by atoms with E-state index >= 15 is 0 Å². The summed E-state index contributed by atoms with van der Waals surface area (Å²) in [5.41, 5.74) is 2.39. The lowest BCUT2D eigenvalue weighted by Crippen LogP contribution is -2.51. The first-order chi connectivity index (χ1) is 13.8. The van der Waals surface area contributed by atoms with Crippen LogP contribution in [0.5, 0.6) is 5.75 Å². The Labute approximate surface area is 176 Å². The maximum atomic E-state index is 13.0. The molecule has 0 aliphatic carbocycles. The number of carbonyl (C=O) groups excluding carboxylic acids is 1. The van der Waals surface area contributed by atoms with Gasteiger partial charge in [-0.15, -0.1) is 0 Å². The first-order valence-electron chi connectivity index (χ1n) is 9.24. The summed E-state index contributed by atoms with van der Waals surface area (Å²) in [5.74, 6) is -0.00290. The highest BCUT2D eigenvalue weighted by Crippen LogP contribution is 2.28. The Morgan fingerprint density at radius 3 is 2.66 bits per heavy atom. The summed E-state index contributed by atoms with van der Waals surface area (Å²) in [6.45, 7) is 2.70. The van der Waals surface area contributed by atoms with Crippen molar-refractivity contribution in [3.63, 3.8) is 0 Å². The summed E-state index contributed by atoms with van der Waals surface area (Å²) in [4.78, 5) is 12.5. The zero-order valence-corrected chi connectivity index (χ0v) is 18.0. The molecule has 0 bridgehead atoms. The Kier molecular flexibility index (Phi) is 6.79. The number of aryl methyl sites for hydroxylation is 1. The molecule has 0 saturated carbocycles. The molecule has 2 aromatic rings. The second-order valence-corrected chi connectivity index (χ2v) is 9.28. The fourth-order valence-electron chi connectivity index (χ4n) is 3.28. The number of rotatable bonds is 6. The van der Waals surface area contributed by atoms with Crippen molar-refractivity contribution in [1.82, 2.24) is 8.61 Å². The Morgan fingerprint density at radius 2 is 1.93 bits per heavy atom. The van der Waals surface area contributed by atoms with Gasteiger partial charge < -0.3 is 10.1 Å². The van der Waals surface area contributed by atoms with Gasteiger partial charge in [0.2, 0.25) is 5.91 Å². The number of halogens is 1. The minimum atomic E-state index is -3.74. The summed E-state index contributed by atoms with van der Waals surface area (Å²) < 4.78 is 33.8. The lowest BCUT2D eigenvalue weighted by molar-refractivity contribution is -0.116. The highest BCUT2D eigenvalue weighted by molar-refractivity contribution is 7.86. The van der Waals surface area contributed by atoms with Crippen LogP contribution in [-0.4, -0.2) is 49.7 Å². The minimum Gasteiger partial charge on any atom is -0.495 e. The SMILES string of the molecule is COc1ccc(Cl)cc1NC(=O)CN1CCCN(Cc2cccc(C)c2)S1(=O)=O. The summed E-state index contributed by atoms with van der Waals surface area (Å²) in [6, 6.07) is 12.6. The molecule has 2 aromatic carbocycles. The molecule has 1 aliphatic rings. The Hall–Kier alpha value is -2.13. The van der Waals surface area contributed by atoms with E-state index in [1.165, 1.54) is 15.7 Å². The van der Waals surface area contributed by atoms with Crippen LogP contribution >= 0.6 is 11.6 Å². The Morgan fingerprint density at radius 1 is 1.17 bits per heavy atom. The van der Waals surface area contributed by atoms with Gasteiger partial charge >= 0.3 is 0 Å². The fraction of sp³-hybridized carbons (Fsp3) is 0.350. The van der Waals surface area contributed by atoms with Crippen molar-refractivity contribution in [2.75, 3.05) is 32.1 Å². The predicted molar refractivity (Wildman–Crippen MR) is 113 cm³/mol. The third kappa shape index (κ3) is 5.27. The van der Waals surface area contributed by atoms with Gasteiger partial charge in [0.1, 0.15) is 5.75 Å². The number of amides is 1. The van der Waals surface area contributed by atoms with Crippen LogP contribution in [0.15, 0.2) is 42.5 Å². The first kappa shape index (κ1) is 21.6. The summed E-state index contributed by atoms with van der Waals surface area (Å²) in [5, 5.41) is 3.13. The topological polar surface area (TPSA) is 79.0 Å². The van der Waals surface area contributed by atoms with E-state index in [0.29, 0.717) is 36.0 Å². The fourth-order valence-corrected chi connectivity index (χ4v) is 5.09. The molecule has 1 aliphatic heterocycles. The second kappa shape index (κ2) is 9.13. The first-order valence-corrected chi connectivity index (χ1v) is 11.0. The van der Waals surface area contributed by atoms with E-state index in [-0.39, 0.29) is 13.1 Å². The number of carbonyl (C=O) groups is 1. The third-order valence-corrected chi connectivity index (χ3v) is 6.83. The molecule has 1 N–H and O–H groups in total. The van der Waals surface area contributed by atoms with E-state index < -0.39 is 16.1 Å². The van der Waals surface area contributed by atoms with Crippen molar-refractivity contribution in [2.24, 2.45) is 0 Å². The van der Waals surface area contributed by atoms with Gasteiger partial charge in [-0.2, -0.15) is 17.0 Å². The Balaban J connectivity index is 1.70. The number of nitrogens with zero attached hydrogens (tertiary/aromatic N) is 2. The van der Waals surface area contributed by atoms with Crippen molar-refractivity contribution >= 4 is 33.4 Å². The van der Waals surface area contributed by atoms with Crippen LogP contribution in [0, 0.1) is 6.92 Å². The molecule has 1 heterocycles. The molecule has 0 radical (unpaired) electrons. The molecular weight excluding hydrogens is 414 g/mol. The van der Waals surface area contributed by atoms with Gasteiger partial charge in [0.15, 0.2) is 0 Å². The normalized spacial score (nSPS) is 17.1. The zero-order chi connectivity index (χ0) is 21.0. The van der Waals surface area contributed by atoms with E-state index in [2.05, 4.69) is 5.32 Å². The maximum Gasteiger partial charge on any atom is 0.282 e. The largest absolute Gasteiger partial charge is 0.495 e. The van der Waals surface area contributed by atoms with Crippen molar-refractivity contribution in [3.05, 3.63) is 58.6 Å². The van der Waals surface area contributed by atoms with E-state index in [0.717, 1.165) is 11.1 Å². The van der Waals surface area contributed by atoms with Gasteiger partial charge in [-0.3, -0.25) is 4.79 Å². The number of methoxy groups -OCH3 is 1. The van der Waals surface area contributed by atoms with Crippen LogP contribution in [0.1, 0.15) is 17.5 Å². The van der Waals surface area contributed by atoms with Gasteiger partial charge in [-0.1, -0.05) is 41.4 Å². The van der Waals surface area contributed by atoms with E-state index in [4.69, 9.17) is 16.3 Å². The van der Waals surface area contributed by atoms with Crippen LogP contribution in [0.2, 0.25) is 5.02 Å². The van der Waals surface area contributed by atoms with Gasteiger partial charge in [0.05, 0.1) is 19.3 Å². The second-order valence-electron chi connectivity index (χ2n) is 6.91. The number of anilines is 1. The average molecular weight is 438 g/mol. The minimum absolute atomic E-state index is 0.275. The molecular formula is C20H24ClN3O4S. The Bertz CT molecular complexity index is 997. The van der Waals surface area contributed by atoms with Gasteiger partial charge in [0.25, 0.3) is 10.2 Å². The molecule has 0 unspecified atom stereocenters. The molecule has 7 nitrogen and oxygen atoms in total. The number of ether oxygens (including phenoxy) is 1. The quantitative estimate of drug-likeness (QED) is 0.753. The predicted octanol–water partition coefficient (Wildman–Crippen LogP) is 3.05. The van der Waals surface area contributed by atoms with E-state index in [1.807, 2.05) is 31.2 Å². The van der Waals surface area contributed by atoms with Crippen LogP contribution in [0.4, 0.5) is 5.69 Å². The van der Waals surface area contributed by atoms with Crippen LogP contribution < -0.4 is 10.1 Å². The number of nitrogens with one attached hydrogen (secondary N) is 1. The molecule has 156 valence electrons. The molecule has 0 atom stereocenters. The number of benzene rings is 2. The summed E-state index contributed by atoms with van der Waals surface area (Å²) in [6.07, 6.45) is 0.652. The van der Waals surface area contributed by atoms with Crippen molar-refractivity contribution in [2.45, 2.75) is 19.9 Å². The molecule has 1 fully saturated rings. The van der Waals surface area contributed by atoms with Crippen molar-refractivity contribution in [1.29, 1.82) is 0 Å².